The molecule has 7 heteroatoms. The fraction of sp³-hybridized carbons (Fsp3) is 0.188. The summed E-state index contributed by atoms with van der Waals surface area (Å²) in [6.45, 7) is 1.42. The normalized spacial score (nSPS) is 10.2. The van der Waals surface area contributed by atoms with Crippen LogP contribution in [0.15, 0.2) is 41.3 Å². The molecular weight excluding hydrogens is 303 g/mol. The molecule has 0 fully saturated rings. The highest BCUT2D eigenvalue weighted by Gasteiger charge is 2.11. The van der Waals surface area contributed by atoms with Gasteiger partial charge in [-0.1, -0.05) is 6.07 Å². The molecule has 1 N–H and O–H groups in total. The van der Waals surface area contributed by atoms with Crippen molar-refractivity contribution < 1.29 is 18.7 Å². The number of nitrogens with one attached hydrogen (secondary N) is 1. The first-order valence-corrected chi connectivity index (χ1v) is 6.75. The number of carbonyl (C=O) groups is 2. The molecule has 0 spiro atoms. The molecule has 0 aliphatic heterocycles. The molecule has 6 nitrogen and oxygen atoms in total. The number of anilines is 1. The SMILES string of the molecule is COC(=O)c1ccc(=O)n(CC(=O)Nc2cc(F)ccc2C)c1. The van der Waals surface area contributed by atoms with Crippen molar-refractivity contribution in [1.29, 1.82) is 0 Å². The second-order valence-corrected chi connectivity index (χ2v) is 4.88. The monoisotopic (exact) mass is 318 g/mol. The molecule has 120 valence electrons. The number of esters is 1. The van der Waals surface area contributed by atoms with Crippen LogP contribution < -0.4 is 10.9 Å². The first-order valence-electron chi connectivity index (χ1n) is 6.75. The molecule has 23 heavy (non-hydrogen) atoms. The molecule has 1 heterocycles. The van der Waals surface area contributed by atoms with Crippen LogP contribution in [0.5, 0.6) is 0 Å². The Hall–Kier alpha value is -2.96. The molecule has 0 radical (unpaired) electrons. The Morgan fingerprint density at radius 3 is 2.70 bits per heavy atom. The molecule has 1 aromatic carbocycles. The van der Waals surface area contributed by atoms with Crippen molar-refractivity contribution in [2.75, 3.05) is 12.4 Å². The van der Waals surface area contributed by atoms with E-state index in [1.807, 2.05) is 0 Å². The zero-order chi connectivity index (χ0) is 17.0. The van der Waals surface area contributed by atoms with E-state index in [1.165, 1.54) is 43.6 Å². The summed E-state index contributed by atoms with van der Waals surface area (Å²) in [7, 11) is 1.22. The topological polar surface area (TPSA) is 77.4 Å². The number of ether oxygens (including phenoxy) is 1. The van der Waals surface area contributed by atoms with Crippen molar-refractivity contribution in [2.45, 2.75) is 13.5 Å². The van der Waals surface area contributed by atoms with Crippen LogP contribution in [0.25, 0.3) is 0 Å². The highest BCUT2D eigenvalue weighted by atomic mass is 19.1. The number of hydrogen-bond donors (Lipinski definition) is 1. The van der Waals surface area contributed by atoms with Crippen LogP contribution in [-0.4, -0.2) is 23.6 Å². The standard InChI is InChI=1S/C16H15FN2O4/c1-10-3-5-12(17)7-13(10)18-14(20)9-19-8-11(16(22)23-2)4-6-15(19)21/h3-8H,9H2,1-2H3,(H,18,20). The van der Waals surface area contributed by atoms with Gasteiger partial charge in [-0.25, -0.2) is 9.18 Å². The third-order valence-electron chi connectivity index (χ3n) is 3.19. The summed E-state index contributed by atoms with van der Waals surface area (Å²) in [5.41, 5.74) is 0.730. The minimum absolute atomic E-state index is 0.154. The van der Waals surface area contributed by atoms with E-state index < -0.39 is 23.3 Å². The predicted molar refractivity (Wildman–Crippen MR) is 81.8 cm³/mol. The van der Waals surface area contributed by atoms with Crippen molar-refractivity contribution in [1.82, 2.24) is 4.57 Å². The van der Waals surface area contributed by atoms with Gasteiger partial charge >= 0.3 is 5.97 Å². The lowest BCUT2D eigenvalue weighted by Gasteiger charge is -2.10. The smallest absolute Gasteiger partial charge is 0.339 e. The quantitative estimate of drug-likeness (QED) is 0.871. The number of aryl methyl sites for hydroxylation is 1. The van der Waals surface area contributed by atoms with Gasteiger partial charge in [-0.05, 0) is 30.7 Å². The maximum Gasteiger partial charge on any atom is 0.339 e. The van der Waals surface area contributed by atoms with E-state index in [2.05, 4.69) is 10.1 Å². The maximum atomic E-state index is 13.2. The van der Waals surface area contributed by atoms with E-state index in [0.29, 0.717) is 11.3 Å². The minimum atomic E-state index is -0.611. The molecule has 2 rings (SSSR count). The zero-order valence-corrected chi connectivity index (χ0v) is 12.6. The Balaban J connectivity index is 2.18. The molecule has 2 aromatic rings. The number of rotatable bonds is 4. The number of halogens is 1. The van der Waals surface area contributed by atoms with Crippen LogP contribution in [-0.2, 0) is 16.1 Å². The second-order valence-electron chi connectivity index (χ2n) is 4.88. The fourth-order valence-electron chi connectivity index (χ4n) is 1.97. The largest absolute Gasteiger partial charge is 0.465 e. The van der Waals surface area contributed by atoms with Crippen LogP contribution in [0.3, 0.4) is 0 Å². The summed E-state index contributed by atoms with van der Waals surface area (Å²) >= 11 is 0. The number of hydrogen-bond acceptors (Lipinski definition) is 4. The van der Waals surface area contributed by atoms with Crippen molar-refractivity contribution in [3.05, 3.63) is 63.8 Å². The Morgan fingerprint density at radius 2 is 2.00 bits per heavy atom. The van der Waals surface area contributed by atoms with Crippen molar-refractivity contribution in [2.24, 2.45) is 0 Å². The maximum absolute atomic E-state index is 13.2. The number of nitrogens with zero attached hydrogens (tertiary/aromatic N) is 1. The van der Waals surface area contributed by atoms with Crippen LogP contribution in [0.4, 0.5) is 10.1 Å². The van der Waals surface area contributed by atoms with Gasteiger partial charge in [0.25, 0.3) is 5.56 Å². The van der Waals surface area contributed by atoms with E-state index in [9.17, 15) is 18.8 Å². The van der Waals surface area contributed by atoms with Crippen molar-refractivity contribution in [3.63, 3.8) is 0 Å². The number of benzene rings is 1. The van der Waals surface area contributed by atoms with E-state index >= 15 is 0 Å². The van der Waals surface area contributed by atoms with Crippen molar-refractivity contribution in [3.8, 4) is 0 Å². The lowest BCUT2D eigenvalue weighted by molar-refractivity contribution is -0.116. The van der Waals surface area contributed by atoms with Gasteiger partial charge < -0.3 is 14.6 Å². The third kappa shape index (κ3) is 4.03. The van der Waals surface area contributed by atoms with E-state index in [4.69, 9.17) is 0 Å². The molecule has 0 saturated heterocycles. The van der Waals surface area contributed by atoms with Gasteiger partial charge in [0.1, 0.15) is 12.4 Å². The highest BCUT2D eigenvalue weighted by molar-refractivity contribution is 5.92. The van der Waals surface area contributed by atoms with Crippen molar-refractivity contribution >= 4 is 17.6 Å². The number of amides is 1. The van der Waals surface area contributed by atoms with E-state index in [1.54, 1.807) is 6.92 Å². The summed E-state index contributed by atoms with van der Waals surface area (Å²) in [5.74, 6) is -1.60. The predicted octanol–water partition coefficient (Wildman–Crippen LogP) is 1.72. The van der Waals surface area contributed by atoms with Crippen LogP contribution >= 0.6 is 0 Å². The number of methoxy groups -OCH3 is 1. The molecule has 1 amide bonds. The molecular formula is C16H15FN2O4. The lowest BCUT2D eigenvalue weighted by Crippen LogP contribution is -2.28. The summed E-state index contributed by atoms with van der Waals surface area (Å²) in [4.78, 5) is 35.3. The lowest BCUT2D eigenvalue weighted by atomic mass is 10.2. The molecule has 0 atom stereocenters. The molecule has 0 aliphatic carbocycles. The molecule has 1 aromatic heterocycles. The zero-order valence-electron chi connectivity index (χ0n) is 12.6. The summed E-state index contributed by atoms with van der Waals surface area (Å²) in [6.07, 6.45) is 1.24. The Labute approximate surface area is 131 Å². The summed E-state index contributed by atoms with van der Waals surface area (Å²) in [5, 5.41) is 2.53. The first kappa shape index (κ1) is 16.4. The molecule has 0 aliphatic rings. The van der Waals surface area contributed by atoms with E-state index in [0.717, 1.165) is 4.57 Å². The number of aromatic nitrogens is 1. The van der Waals surface area contributed by atoms with Gasteiger partial charge in [0.15, 0.2) is 0 Å². The van der Waals surface area contributed by atoms with Gasteiger partial charge in [0.2, 0.25) is 5.91 Å². The average molecular weight is 318 g/mol. The summed E-state index contributed by atoms with van der Waals surface area (Å²) in [6, 6.07) is 6.51. The second kappa shape index (κ2) is 6.87. The van der Waals surface area contributed by atoms with Crippen LogP contribution in [0.2, 0.25) is 0 Å². The molecule has 0 saturated carbocycles. The third-order valence-corrected chi connectivity index (χ3v) is 3.19. The van der Waals surface area contributed by atoms with Gasteiger partial charge in [-0.15, -0.1) is 0 Å². The van der Waals surface area contributed by atoms with Gasteiger partial charge in [0, 0.05) is 18.0 Å². The minimum Gasteiger partial charge on any atom is -0.465 e. The van der Waals surface area contributed by atoms with Crippen LogP contribution in [0.1, 0.15) is 15.9 Å². The Bertz CT molecular complexity index is 814. The summed E-state index contributed by atoms with van der Waals surface area (Å²) < 4.78 is 18.9. The Kier molecular flexibility index (Phi) is 4.90. The molecule has 0 unspecified atom stereocenters. The Morgan fingerprint density at radius 1 is 1.26 bits per heavy atom. The number of carbonyl (C=O) groups excluding carboxylic acids is 2. The van der Waals surface area contributed by atoms with E-state index in [-0.39, 0.29) is 12.1 Å². The average Bonchev–Trinajstić information content (AvgIpc) is 2.52. The fourth-order valence-corrected chi connectivity index (χ4v) is 1.97. The van der Waals surface area contributed by atoms with Gasteiger partial charge in [-0.3, -0.25) is 9.59 Å². The first-order chi connectivity index (χ1) is 10.9. The van der Waals surface area contributed by atoms with Gasteiger partial charge in [-0.2, -0.15) is 0 Å². The molecule has 0 bridgehead atoms. The van der Waals surface area contributed by atoms with Crippen LogP contribution in [0, 0.1) is 12.7 Å². The highest BCUT2D eigenvalue weighted by Crippen LogP contribution is 2.15. The number of pyridine rings is 1. The van der Waals surface area contributed by atoms with Gasteiger partial charge in [0.05, 0.1) is 12.7 Å².